The number of imidazole rings is 1. The summed E-state index contributed by atoms with van der Waals surface area (Å²) >= 11 is 0. The van der Waals surface area contributed by atoms with E-state index in [9.17, 15) is 31.5 Å². The van der Waals surface area contributed by atoms with Crippen LogP contribution in [0.4, 0.5) is 22.0 Å². The first-order valence-corrected chi connectivity index (χ1v) is 13.7. The van der Waals surface area contributed by atoms with Crippen molar-refractivity contribution >= 4 is 17.5 Å². The zero-order chi connectivity index (χ0) is 28.9. The molecule has 0 spiro atoms. The molecule has 0 bridgehead atoms. The largest absolute Gasteiger partial charge is 0.393 e. The lowest BCUT2D eigenvalue weighted by Gasteiger charge is -2.34. The molecule has 2 aliphatic carbocycles. The number of amides is 2. The molecule has 2 unspecified atom stereocenters. The van der Waals surface area contributed by atoms with Crippen LogP contribution < -0.4 is 10.6 Å². The average molecular weight is 582 g/mol. The minimum absolute atomic E-state index is 0.0139. The standard InChI is InChI=1S/C26H28F5N7O3/c27-25(28)7-1-2-14(10-25)20(34-24(40)22-21(13-3-4-13)36-41-37-22)18-12-38-19(33-18)6-5-17(35-38)9-15-8-16(26(29,30)31)11-32-23(15)39/h5-6,12-16,20H,1-4,7-11H2,(H,32,39)(H,34,40)/t14-,15?,16+,20?/m0/s1. The van der Waals surface area contributed by atoms with Gasteiger partial charge >= 0.3 is 6.18 Å². The fourth-order valence-corrected chi connectivity index (χ4v) is 5.89. The van der Waals surface area contributed by atoms with Crippen molar-refractivity contribution in [3.05, 3.63) is 41.1 Å². The van der Waals surface area contributed by atoms with Crippen LogP contribution in [0, 0.1) is 17.8 Å². The summed E-state index contributed by atoms with van der Waals surface area (Å²) in [5.41, 5.74) is 1.50. The number of carbonyl (C=O) groups excluding carboxylic acids is 2. The highest BCUT2D eigenvalue weighted by Gasteiger charge is 2.45. The van der Waals surface area contributed by atoms with Crippen molar-refractivity contribution in [2.75, 3.05) is 6.54 Å². The first kappa shape index (κ1) is 27.5. The van der Waals surface area contributed by atoms with E-state index in [0.717, 1.165) is 12.8 Å². The molecule has 220 valence electrons. The van der Waals surface area contributed by atoms with Crippen LogP contribution in [0.5, 0.6) is 0 Å². The Bertz CT molecular complexity index is 1450. The molecule has 3 fully saturated rings. The van der Waals surface area contributed by atoms with Gasteiger partial charge in [-0.3, -0.25) is 9.59 Å². The Hall–Kier alpha value is -3.65. The van der Waals surface area contributed by atoms with Gasteiger partial charge in [0.25, 0.3) is 5.91 Å². The first-order valence-electron chi connectivity index (χ1n) is 13.7. The Labute approximate surface area is 230 Å². The molecular formula is C26H28F5N7O3. The molecule has 3 aliphatic rings. The number of hydrogen-bond donors (Lipinski definition) is 2. The van der Waals surface area contributed by atoms with Crippen molar-refractivity contribution in [2.45, 2.75) is 75.4 Å². The lowest BCUT2D eigenvalue weighted by molar-refractivity contribution is -0.183. The fraction of sp³-hybridized carbons (Fsp3) is 0.615. The van der Waals surface area contributed by atoms with Gasteiger partial charge in [0.05, 0.1) is 29.5 Å². The van der Waals surface area contributed by atoms with Crippen LogP contribution in [0.15, 0.2) is 23.0 Å². The summed E-state index contributed by atoms with van der Waals surface area (Å²) in [6, 6.07) is 2.27. The molecule has 4 heterocycles. The monoisotopic (exact) mass is 581 g/mol. The molecule has 1 saturated heterocycles. The molecule has 0 aromatic carbocycles. The Balaban J connectivity index is 1.26. The Kier molecular flexibility index (Phi) is 6.92. The van der Waals surface area contributed by atoms with Crippen molar-refractivity contribution in [1.29, 1.82) is 0 Å². The second kappa shape index (κ2) is 10.3. The summed E-state index contributed by atoms with van der Waals surface area (Å²) in [5.74, 6) is -7.03. The van der Waals surface area contributed by atoms with E-state index in [1.54, 1.807) is 12.1 Å². The van der Waals surface area contributed by atoms with Crippen molar-refractivity contribution < 1.29 is 36.2 Å². The molecular weight excluding hydrogens is 553 g/mol. The molecule has 2 amide bonds. The molecule has 3 aromatic rings. The van der Waals surface area contributed by atoms with E-state index in [-0.39, 0.29) is 37.3 Å². The summed E-state index contributed by atoms with van der Waals surface area (Å²) in [7, 11) is 0. The number of halogens is 5. The quantitative estimate of drug-likeness (QED) is 0.402. The summed E-state index contributed by atoms with van der Waals surface area (Å²) in [6.07, 6.45) is -1.50. The fourth-order valence-electron chi connectivity index (χ4n) is 5.89. The van der Waals surface area contributed by atoms with E-state index in [1.807, 2.05) is 0 Å². The number of rotatable bonds is 7. The van der Waals surface area contributed by atoms with Gasteiger partial charge in [-0.1, -0.05) is 5.16 Å². The van der Waals surface area contributed by atoms with Crippen molar-refractivity contribution in [1.82, 2.24) is 35.5 Å². The first-order chi connectivity index (χ1) is 19.5. The molecule has 1 aliphatic heterocycles. The van der Waals surface area contributed by atoms with Crippen molar-refractivity contribution in [3.63, 3.8) is 0 Å². The lowest BCUT2D eigenvalue weighted by atomic mass is 9.80. The Morgan fingerprint density at radius 3 is 2.76 bits per heavy atom. The van der Waals surface area contributed by atoms with Gasteiger partial charge in [-0.2, -0.15) is 18.3 Å². The second-order valence-corrected chi connectivity index (χ2v) is 11.3. The summed E-state index contributed by atoms with van der Waals surface area (Å²) in [4.78, 5) is 30.1. The van der Waals surface area contributed by atoms with E-state index in [4.69, 9.17) is 4.63 Å². The lowest BCUT2D eigenvalue weighted by Crippen LogP contribution is -2.47. The van der Waals surface area contributed by atoms with Gasteiger partial charge in [0.1, 0.15) is 5.69 Å². The topological polar surface area (TPSA) is 127 Å². The minimum Gasteiger partial charge on any atom is -0.355 e. The highest BCUT2D eigenvalue weighted by molar-refractivity contribution is 5.93. The normalized spacial score (nSPS) is 25.6. The van der Waals surface area contributed by atoms with Crippen LogP contribution in [-0.4, -0.2) is 55.4 Å². The molecule has 15 heteroatoms. The van der Waals surface area contributed by atoms with Gasteiger partial charge in [-0.25, -0.2) is 22.9 Å². The number of hydrogen-bond acceptors (Lipinski definition) is 7. The smallest absolute Gasteiger partial charge is 0.355 e. The van der Waals surface area contributed by atoms with Crippen LogP contribution in [0.3, 0.4) is 0 Å². The van der Waals surface area contributed by atoms with Crippen molar-refractivity contribution in [2.24, 2.45) is 17.8 Å². The van der Waals surface area contributed by atoms with Gasteiger partial charge in [0.2, 0.25) is 11.8 Å². The van der Waals surface area contributed by atoms with Gasteiger partial charge in [0.15, 0.2) is 11.3 Å². The predicted octanol–water partition coefficient (Wildman–Crippen LogP) is 4.14. The predicted molar refractivity (Wildman–Crippen MR) is 131 cm³/mol. The van der Waals surface area contributed by atoms with E-state index < -0.39 is 60.7 Å². The van der Waals surface area contributed by atoms with Crippen LogP contribution in [0.25, 0.3) is 5.65 Å². The second-order valence-electron chi connectivity index (χ2n) is 11.3. The maximum absolute atomic E-state index is 14.4. The van der Waals surface area contributed by atoms with E-state index >= 15 is 0 Å². The third-order valence-corrected chi connectivity index (χ3v) is 8.22. The number of fused-ring (bicyclic) bond motifs is 1. The van der Waals surface area contributed by atoms with Crippen LogP contribution in [0.1, 0.15) is 84.5 Å². The van der Waals surface area contributed by atoms with Gasteiger partial charge in [0, 0.05) is 37.6 Å². The Morgan fingerprint density at radius 1 is 1.22 bits per heavy atom. The van der Waals surface area contributed by atoms with Gasteiger partial charge in [-0.05, 0) is 55.3 Å². The number of nitrogens with zero attached hydrogens (tertiary/aromatic N) is 5. The number of carbonyl (C=O) groups is 2. The van der Waals surface area contributed by atoms with E-state index in [2.05, 4.69) is 31.0 Å². The molecule has 41 heavy (non-hydrogen) atoms. The molecule has 2 N–H and O–H groups in total. The van der Waals surface area contributed by atoms with Crippen molar-refractivity contribution in [3.8, 4) is 0 Å². The molecule has 10 nitrogen and oxygen atoms in total. The maximum atomic E-state index is 14.4. The highest BCUT2D eigenvalue weighted by Crippen LogP contribution is 2.43. The number of piperidine rings is 1. The molecule has 2 saturated carbocycles. The minimum atomic E-state index is -4.42. The SMILES string of the molecule is O=C(NC(c1cn2nc(CC3C[C@@H](C(F)(F)F)CNC3=O)ccc2n1)[C@H]1CCCC(F)(F)C1)c1nonc1C1CC1. The van der Waals surface area contributed by atoms with E-state index in [1.165, 1.54) is 10.7 Å². The Morgan fingerprint density at radius 2 is 2.02 bits per heavy atom. The summed E-state index contributed by atoms with van der Waals surface area (Å²) in [6.45, 7) is -0.448. The zero-order valence-corrected chi connectivity index (χ0v) is 21.8. The number of aromatic nitrogens is 5. The maximum Gasteiger partial charge on any atom is 0.393 e. The molecule has 6 rings (SSSR count). The van der Waals surface area contributed by atoms with Crippen LogP contribution >= 0.6 is 0 Å². The highest BCUT2D eigenvalue weighted by atomic mass is 19.4. The van der Waals surface area contributed by atoms with Gasteiger partial charge < -0.3 is 10.6 Å². The third kappa shape index (κ3) is 5.89. The third-order valence-electron chi connectivity index (χ3n) is 8.22. The number of nitrogens with one attached hydrogen (secondary N) is 2. The zero-order valence-electron chi connectivity index (χ0n) is 21.8. The summed E-state index contributed by atoms with van der Waals surface area (Å²) in [5, 5.41) is 17.2. The van der Waals surface area contributed by atoms with Gasteiger partial charge in [-0.15, -0.1) is 0 Å². The molecule has 4 atom stereocenters. The van der Waals surface area contributed by atoms with E-state index in [0.29, 0.717) is 29.1 Å². The van der Waals surface area contributed by atoms with Crippen LogP contribution in [0.2, 0.25) is 0 Å². The van der Waals surface area contributed by atoms with Crippen LogP contribution in [-0.2, 0) is 11.2 Å². The average Bonchev–Trinajstić information content (AvgIpc) is 3.47. The molecule has 3 aromatic heterocycles. The number of alkyl halides is 5. The summed E-state index contributed by atoms with van der Waals surface area (Å²) < 4.78 is 74.8. The molecule has 0 radical (unpaired) electrons.